The monoisotopic (exact) mass is 122 g/mol. The Bertz CT molecular complexity index is 118. The van der Waals surface area contributed by atoms with E-state index in [0.29, 0.717) is 5.92 Å². The van der Waals surface area contributed by atoms with Gasteiger partial charge in [0.1, 0.15) is 0 Å². The van der Waals surface area contributed by atoms with E-state index in [1.165, 1.54) is 25.7 Å². The molecule has 0 unspecified atom stereocenters. The molecule has 0 saturated heterocycles. The second kappa shape index (κ2) is 2.92. The molecule has 0 bridgehead atoms. The number of terminal acetylenes is 1. The van der Waals surface area contributed by atoms with Crippen LogP contribution in [0.4, 0.5) is 0 Å². The van der Waals surface area contributed by atoms with Crippen LogP contribution >= 0.6 is 0 Å². The van der Waals surface area contributed by atoms with Crippen molar-refractivity contribution in [1.29, 1.82) is 0 Å². The molecule has 1 fully saturated rings. The number of hydrogen-bond acceptors (Lipinski definition) is 0. The average Bonchev–Trinajstić information content (AvgIpc) is 1.89. The minimum absolute atomic E-state index is 0.582. The van der Waals surface area contributed by atoms with E-state index >= 15 is 0 Å². The van der Waals surface area contributed by atoms with Gasteiger partial charge >= 0.3 is 0 Å². The van der Waals surface area contributed by atoms with Gasteiger partial charge in [0.15, 0.2) is 0 Å². The maximum Gasteiger partial charge on any atom is 0.0225 e. The summed E-state index contributed by atoms with van der Waals surface area (Å²) < 4.78 is 0. The van der Waals surface area contributed by atoms with Gasteiger partial charge in [-0.25, -0.2) is 0 Å². The second-order valence-electron chi connectivity index (χ2n) is 3.03. The van der Waals surface area contributed by atoms with E-state index in [9.17, 15) is 0 Å². The number of hydrogen-bond donors (Lipinski definition) is 0. The lowest BCUT2D eigenvalue weighted by molar-refractivity contribution is 0.316. The molecule has 1 saturated carbocycles. The fourth-order valence-electron chi connectivity index (χ4n) is 1.56. The van der Waals surface area contributed by atoms with Gasteiger partial charge in [-0.05, 0) is 18.8 Å². The maximum atomic E-state index is 5.34. The number of rotatable bonds is 0. The Morgan fingerprint density at radius 2 is 2.00 bits per heavy atom. The van der Waals surface area contributed by atoms with Crippen LogP contribution in [-0.2, 0) is 0 Å². The first-order valence-electron chi connectivity index (χ1n) is 3.80. The van der Waals surface area contributed by atoms with Crippen molar-refractivity contribution in [3.8, 4) is 12.3 Å². The highest BCUT2D eigenvalue weighted by atomic mass is 14.2. The van der Waals surface area contributed by atoms with Crippen LogP contribution < -0.4 is 0 Å². The summed E-state index contributed by atoms with van der Waals surface area (Å²) in [4.78, 5) is 0. The van der Waals surface area contributed by atoms with E-state index in [1.807, 2.05) is 0 Å². The van der Waals surface area contributed by atoms with Gasteiger partial charge < -0.3 is 0 Å². The van der Waals surface area contributed by atoms with Crippen molar-refractivity contribution in [2.24, 2.45) is 11.8 Å². The highest BCUT2D eigenvalue weighted by Gasteiger charge is 2.18. The first-order chi connectivity index (χ1) is 4.34. The third kappa shape index (κ3) is 1.48. The molecule has 1 aliphatic rings. The average molecular weight is 122 g/mol. The minimum atomic E-state index is 0.582. The molecule has 0 N–H and O–H groups in total. The molecule has 0 radical (unpaired) electrons. The quantitative estimate of drug-likeness (QED) is 0.433. The van der Waals surface area contributed by atoms with E-state index in [0.717, 1.165) is 5.92 Å². The molecule has 9 heavy (non-hydrogen) atoms. The standard InChI is InChI=1S/C9H14/c1-3-9-7-5-4-6-8(9)2/h1,8-9H,4-7H2,2H3/t8-,9-/m0/s1. The summed E-state index contributed by atoms with van der Waals surface area (Å²) in [5, 5.41) is 0. The lowest BCUT2D eigenvalue weighted by Gasteiger charge is -2.23. The summed E-state index contributed by atoms with van der Waals surface area (Å²) in [6.45, 7) is 2.27. The van der Waals surface area contributed by atoms with Crippen LogP contribution in [0.2, 0.25) is 0 Å². The van der Waals surface area contributed by atoms with Gasteiger partial charge in [0.25, 0.3) is 0 Å². The summed E-state index contributed by atoms with van der Waals surface area (Å²) >= 11 is 0. The molecular weight excluding hydrogens is 108 g/mol. The van der Waals surface area contributed by atoms with Gasteiger partial charge in [-0.15, -0.1) is 12.3 Å². The first-order valence-corrected chi connectivity index (χ1v) is 3.80. The third-order valence-corrected chi connectivity index (χ3v) is 2.33. The van der Waals surface area contributed by atoms with Gasteiger partial charge in [-0.2, -0.15) is 0 Å². The van der Waals surface area contributed by atoms with Crippen LogP contribution in [0.5, 0.6) is 0 Å². The summed E-state index contributed by atoms with van der Waals surface area (Å²) in [6, 6.07) is 0. The van der Waals surface area contributed by atoms with Crippen molar-refractivity contribution in [3.63, 3.8) is 0 Å². The summed E-state index contributed by atoms with van der Waals surface area (Å²) in [5.74, 6) is 4.22. The van der Waals surface area contributed by atoms with Crippen molar-refractivity contribution in [2.45, 2.75) is 32.6 Å². The topological polar surface area (TPSA) is 0 Å². The molecule has 1 rings (SSSR count). The Balaban J connectivity index is 2.41. The highest BCUT2D eigenvalue weighted by Crippen LogP contribution is 2.28. The third-order valence-electron chi connectivity index (χ3n) is 2.33. The van der Waals surface area contributed by atoms with E-state index in [2.05, 4.69) is 12.8 Å². The Hall–Kier alpha value is -0.440. The lowest BCUT2D eigenvalue weighted by Crippen LogP contribution is -2.14. The van der Waals surface area contributed by atoms with Crippen LogP contribution in [0.3, 0.4) is 0 Å². The fourth-order valence-corrected chi connectivity index (χ4v) is 1.56. The molecule has 0 aliphatic heterocycles. The van der Waals surface area contributed by atoms with Crippen LogP contribution in [0.25, 0.3) is 0 Å². The predicted molar refractivity (Wildman–Crippen MR) is 40.0 cm³/mol. The molecule has 50 valence electrons. The van der Waals surface area contributed by atoms with Crippen molar-refractivity contribution in [2.75, 3.05) is 0 Å². The van der Waals surface area contributed by atoms with Crippen LogP contribution in [0, 0.1) is 24.2 Å². The smallest absolute Gasteiger partial charge is 0.0225 e. The van der Waals surface area contributed by atoms with Crippen molar-refractivity contribution in [3.05, 3.63) is 0 Å². The largest absolute Gasteiger partial charge is 0.120 e. The van der Waals surface area contributed by atoms with Crippen molar-refractivity contribution in [1.82, 2.24) is 0 Å². The molecule has 0 heteroatoms. The van der Waals surface area contributed by atoms with Crippen LogP contribution in [0.1, 0.15) is 32.6 Å². The predicted octanol–water partition coefficient (Wildman–Crippen LogP) is 2.45. The Morgan fingerprint density at radius 1 is 1.33 bits per heavy atom. The van der Waals surface area contributed by atoms with Gasteiger partial charge in [-0.3, -0.25) is 0 Å². The normalized spacial score (nSPS) is 35.6. The van der Waals surface area contributed by atoms with Crippen molar-refractivity contribution < 1.29 is 0 Å². The summed E-state index contributed by atoms with van der Waals surface area (Å²) in [5.41, 5.74) is 0. The second-order valence-corrected chi connectivity index (χ2v) is 3.03. The molecule has 0 heterocycles. The van der Waals surface area contributed by atoms with E-state index in [-0.39, 0.29) is 0 Å². The molecule has 0 aromatic heterocycles. The zero-order valence-electron chi connectivity index (χ0n) is 6.06. The SMILES string of the molecule is C#C[C@H]1CCCC[C@@H]1C. The molecule has 0 amide bonds. The summed E-state index contributed by atoms with van der Waals surface area (Å²) in [6.07, 6.45) is 10.7. The van der Waals surface area contributed by atoms with Gasteiger partial charge in [0, 0.05) is 5.92 Å². The van der Waals surface area contributed by atoms with Crippen LogP contribution in [0.15, 0.2) is 0 Å². The highest BCUT2D eigenvalue weighted by molar-refractivity contribution is 4.96. The van der Waals surface area contributed by atoms with Gasteiger partial charge in [0.05, 0.1) is 0 Å². The molecule has 0 aromatic rings. The first kappa shape index (κ1) is 6.68. The zero-order valence-corrected chi connectivity index (χ0v) is 6.06. The lowest BCUT2D eigenvalue weighted by atomic mass is 9.81. The Morgan fingerprint density at radius 3 is 2.44 bits per heavy atom. The summed E-state index contributed by atoms with van der Waals surface area (Å²) in [7, 11) is 0. The maximum absolute atomic E-state index is 5.34. The Labute approximate surface area is 57.7 Å². The Kier molecular flexibility index (Phi) is 2.16. The fraction of sp³-hybridized carbons (Fsp3) is 0.778. The molecule has 2 atom stereocenters. The van der Waals surface area contributed by atoms with Crippen LogP contribution in [-0.4, -0.2) is 0 Å². The molecule has 0 nitrogen and oxygen atoms in total. The molecule has 1 aliphatic carbocycles. The molecule has 0 aromatic carbocycles. The van der Waals surface area contributed by atoms with Gasteiger partial charge in [-0.1, -0.05) is 19.8 Å². The van der Waals surface area contributed by atoms with Crippen molar-refractivity contribution >= 4 is 0 Å². The minimum Gasteiger partial charge on any atom is -0.120 e. The zero-order chi connectivity index (χ0) is 6.69. The van der Waals surface area contributed by atoms with E-state index in [4.69, 9.17) is 6.42 Å². The van der Waals surface area contributed by atoms with Gasteiger partial charge in [0.2, 0.25) is 0 Å². The molecule has 0 spiro atoms. The molecular formula is C9H14. The van der Waals surface area contributed by atoms with E-state index < -0.39 is 0 Å². The van der Waals surface area contributed by atoms with E-state index in [1.54, 1.807) is 0 Å².